The standard InChI is InChI=1S/C35H32FNO.C6H7N/c1-35(2)21-26(34(38)24-9-12-27(36)13-10-24)20-32-31-15-11-25-19-28(37(3)22-23-7-5-4-6-8-23)14-16-29(25)30(31)17-18-33(32)35;1-2-4-6-7-5-3-1/h4-10,12-20,26H,11,21-22H2,1-3H3;1-7H. The summed E-state index contributed by atoms with van der Waals surface area (Å²) in [4.78, 5) is 15.7. The van der Waals surface area contributed by atoms with Crippen molar-refractivity contribution in [3.05, 3.63) is 160 Å². The van der Waals surface area contributed by atoms with Gasteiger partial charge >= 0.3 is 0 Å². The molecule has 0 saturated heterocycles. The molecule has 0 amide bonds. The molecule has 1 heterocycles. The van der Waals surface area contributed by atoms with Gasteiger partial charge in [-0.2, -0.15) is 0 Å². The Hall–Kier alpha value is -4.96. The normalized spacial score (nSPS) is 16.7. The number of Topliss-reactive ketones (excluding diaryl/α,β-unsaturated/α-hetero) is 1. The first-order valence-electron chi connectivity index (χ1n) is 15.6. The highest BCUT2D eigenvalue weighted by Crippen LogP contribution is 2.36. The van der Waals surface area contributed by atoms with Gasteiger partial charge in [-0.1, -0.05) is 86.7 Å². The van der Waals surface area contributed by atoms with Gasteiger partial charge in [-0.3, -0.25) is 4.79 Å². The Bertz CT molecular complexity index is 1900. The summed E-state index contributed by atoms with van der Waals surface area (Å²) < 4.78 is 13.5. The predicted octanol–water partition coefficient (Wildman–Crippen LogP) is 7.60. The van der Waals surface area contributed by atoms with Crippen molar-refractivity contribution in [1.82, 2.24) is 5.32 Å². The number of benzene rings is 4. The molecular formula is C41H39FN2O. The van der Waals surface area contributed by atoms with Gasteiger partial charge in [0.15, 0.2) is 5.78 Å². The Kier molecular flexibility index (Phi) is 8.66. The first-order chi connectivity index (χ1) is 21.8. The quantitative estimate of drug-likeness (QED) is 0.242. The van der Waals surface area contributed by atoms with Gasteiger partial charge in [0.25, 0.3) is 0 Å². The van der Waals surface area contributed by atoms with E-state index in [0.717, 1.165) is 19.4 Å². The Morgan fingerprint density at radius 3 is 2.31 bits per heavy atom. The molecule has 1 N–H and O–H groups in total. The van der Waals surface area contributed by atoms with Crippen molar-refractivity contribution in [3.8, 4) is 11.1 Å². The highest BCUT2D eigenvalue weighted by atomic mass is 19.1. The lowest BCUT2D eigenvalue weighted by atomic mass is 9.69. The summed E-state index contributed by atoms with van der Waals surface area (Å²) in [7, 11) is 2.14. The van der Waals surface area contributed by atoms with E-state index < -0.39 is 0 Å². The number of carbonyl (C=O) groups is 1. The van der Waals surface area contributed by atoms with Crippen LogP contribution in [0.2, 0.25) is 0 Å². The van der Waals surface area contributed by atoms with Crippen LogP contribution in [0, 0.1) is 11.7 Å². The van der Waals surface area contributed by atoms with E-state index in [9.17, 15) is 9.18 Å². The zero-order valence-corrected chi connectivity index (χ0v) is 26.1. The van der Waals surface area contributed by atoms with Crippen molar-refractivity contribution in [2.24, 2.45) is 5.92 Å². The number of fused-ring (bicyclic) bond motifs is 5. The summed E-state index contributed by atoms with van der Waals surface area (Å²) in [5.74, 6) is -0.501. The highest BCUT2D eigenvalue weighted by molar-refractivity contribution is 6.01. The minimum absolute atomic E-state index is 0.0589. The molecule has 4 aromatic carbocycles. The molecule has 4 heteroatoms. The summed E-state index contributed by atoms with van der Waals surface area (Å²) in [5.41, 5.74) is 8.03. The molecule has 0 aromatic heterocycles. The molecule has 0 bridgehead atoms. The number of anilines is 1. The molecule has 45 heavy (non-hydrogen) atoms. The van der Waals surface area contributed by atoms with Crippen LogP contribution in [0.5, 0.6) is 0 Å². The van der Waals surface area contributed by atoms with Crippen LogP contribution in [0.4, 0.5) is 10.1 Å². The number of hydrogen-bond acceptors (Lipinski definition) is 3. The van der Waals surface area contributed by atoms with E-state index in [2.05, 4.69) is 97.9 Å². The van der Waals surface area contributed by atoms with Crippen LogP contribution in [0.25, 0.3) is 23.3 Å². The fourth-order valence-electron chi connectivity index (χ4n) is 6.59. The number of rotatable bonds is 5. The van der Waals surface area contributed by atoms with E-state index in [1.807, 2.05) is 42.8 Å². The van der Waals surface area contributed by atoms with Gasteiger partial charge < -0.3 is 10.2 Å². The second-order valence-electron chi connectivity index (χ2n) is 12.6. The molecule has 7 rings (SSSR count). The fourth-order valence-corrected chi connectivity index (χ4v) is 6.59. The van der Waals surface area contributed by atoms with Crippen LogP contribution in [-0.2, 0) is 18.4 Å². The Morgan fingerprint density at radius 1 is 0.867 bits per heavy atom. The molecule has 226 valence electrons. The van der Waals surface area contributed by atoms with Crippen molar-refractivity contribution >= 4 is 23.6 Å². The number of halogens is 1. The Labute approximate surface area is 265 Å². The number of allylic oxidation sites excluding steroid dienone is 4. The Morgan fingerprint density at radius 2 is 1.58 bits per heavy atom. The monoisotopic (exact) mass is 594 g/mol. The third-order valence-corrected chi connectivity index (χ3v) is 8.91. The lowest BCUT2D eigenvalue weighted by molar-refractivity contribution is 0.0933. The van der Waals surface area contributed by atoms with Crippen LogP contribution < -0.4 is 20.7 Å². The molecule has 3 aliphatic rings. The minimum atomic E-state index is -0.323. The summed E-state index contributed by atoms with van der Waals surface area (Å²) in [5, 5.41) is 5.33. The van der Waals surface area contributed by atoms with Crippen molar-refractivity contribution in [2.45, 2.75) is 38.6 Å². The molecular weight excluding hydrogens is 555 g/mol. The van der Waals surface area contributed by atoms with E-state index in [4.69, 9.17) is 0 Å². The van der Waals surface area contributed by atoms with E-state index in [1.54, 1.807) is 12.1 Å². The smallest absolute Gasteiger partial charge is 0.169 e. The number of nitrogens with one attached hydrogen (secondary N) is 1. The molecule has 1 atom stereocenters. The second-order valence-corrected chi connectivity index (χ2v) is 12.6. The van der Waals surface area contributed by atoms with Crippen LogP contribution in [0.3, 0.4) is 0 Å². The van der Waals surface area contributed by atoms with E-state index in [-0.39, 0.29) is 22.9 Å². The average Bonchev–Trinajstić information content (AvgIpc) is 3.38. The predicted molar refractivity (Wildman–Crippen MR) is 185 cm³/mol. The lowest BCUT2D eigenvalue weighted by Crippen LogP contribution is -2.43. The summed E-state index contributed by atoms with van der Waals surface area (Å²) in [6, 6.07) is 27.8. The zero-order chi connectivity index (χ0) is 31.4. The van der Waals surface area contributed by atoms with Crippen LogP contribution in [-0.4, -0.2) is 12.8 Å². The number of nitrogens with zero attached hydrogens (tertiary/aromatic N) is 1. The Balaban J connectivity index is 0.000000452. The average molecular weight is 595 g/mol. The van der Waals surface area contributed by atoms with Crippen LogP contribution in [0.1, 0.15) is 47.3 Å². The van der Waals surface area contributed by atoms with Crippen molar-refractivity contribution in [2.75, 3.05) is 11.9 Å². The van der Waals surface area contributed by atoms with Gasteiger partial charge in [-0.05, 0) is 105 Å². The SMILES string of the molecule is C1=CC=CNC=C1.CN(Cc1ccccc1)c1ccc2c(c1)CC=c1c-2ccc2c1=CC(C(=O)c1ccc(F)cc1)CC2(C)C. The third kappa shape index (κ3) is 6.61. The topological polar surface area (TPSA) is 32.3 Å². The largest absolute Gasteiger partial charge is 0.370 e. The van der Waals surface area contributed by atoms with E-state index >= 15 is 0 Å². The molecule has 4 aromatic rings. The molecule has 3 nitrogen and oxygen atoms in total. The maximum absolute atomic E-state index is 13.5. The van der Waals surface area contributed by atoms with Gasteiger partial charge in [-0.15, -0.1) is 0 Å². The van der Waals surface area contributed by atoms with E-state index in [0.29, 0.717) is 5.56 Å². The van der Waals surface area contributed by atoms with Crippen molar-refractivity contribution in [1.29, 1.82) is 0 Å². The maximum Gasteiger partial charge on any atom is 0.169 e. The number of hydrogen-bond donors (Lipinski definition) is 1. The van der Waals surface area contributed by atoms with Crippen molar-refractivity contribution in [3.63, 3.8) is 0 Å². The first-order valence-corrected chi connectivity index (χ1v) is 15.6. The van der Waals surface area contributed by atoms with Gasteiger partial charge in [0.05, 0.1) is 0 Å². The summed E-state index contributed by atoms with van der Waals surface area (Å²) in [6.45, 7) is 5.31. The lowest BCUT2D eigenvalue weighted by Gasteiger charge is -2.34. The van der Waals surface area contributed by atoms with Crippen molar-refractivity contribution < 1.29 is 9.18 Å². The molecule has 1 unspecified atom stereocenters. The molecule has 0 saturated carbocycles. The molecule has 1 aliphatic heterocycles. The number of carbonyl (C=O) groups excluding carboxylic acids is 1. The highest BCUT2D eigenvalue weighted by Gasteiger charge is 2.34. The maximum atomic E-state index is 13.5. The van der Waals surface area contributed by atoms with Gasteiger partial charge in [0.2, 0.25) is 0 Å². The van der Waals surface area contributed by atoms with Gasteiger partial charge in [0, 0.05) is 43.2 Å². The van der Waals surface area contributed by atoms with E-state index in [1.165, 1.54) is 56.1 Å². The first kappa shape index (κ1) is 30.1. The van der Waals surface area contributed by atoms with Crippen LogP contribution in [0.15, 0.2) is 122 Å². The molecule has 0 radical (unpaired) electrons. The van der Waals surface area contributed by atoms with Gasteiger partial charge in [0.1, 0.15) is 5.82 Å². The zero-order valence-electron chi connectivity index (χ0n) is 26.1. The molecule has 0 fully saturated rings. The summed E-state index contributed by atoms with van der Waals surface area (Å²) in [6.07, 6.45) is 17.7. The second kappa shape index (κ2) is 13.0. The molecule has 0 spiro atoms. The fraction of sp³-hybridized carbons (Fsp3) is 0.195. The molecule has 2 aliphatic carbocycles. The number of ketones is 1. The minimum Gasteiger partial charge on any atom is -0.370 e. The third-order valence-electron chi connectivity index (χ3n) is 8.91. The summed E-state index contributed by atoms with van der Waals surface area (Å²) >= 11 is 0. The van der Waals surface area contributed by atoms with Gasteiger partial charge in [-0.25, -0.2) is 4.39 Å². The van der Waals surface area contributed by atoms with Crippen LogP contribution >= 0.6 is 0 Å².